The van der Waals surface area contributed by atoms with Gasteiger partial charge in [-0.25, -0.2) is 0 Å². The van der Waals surface area contributed by atoms with Crippen molar-refractivity contribution in [1.29, 1.82) is 0 Å². The number of hydrogen-bond donors (Lipinski definition) is 0. The third-order valence-electron chi connectivity index (χ3n) is 4.48. The fourth-order valence-corrected chi connectivity index (χ4v) is 3.32. The van der Waals surface area contributed by atoms with E-state index in [0.29, 0.717) is 18.4 Å². The average Bonchev–Trinajstić information content (AvgIpc) is 2.91. The van der Waals surface area contributed by atoms with Crippen molar-refractivity contribution in [2.75, 3.05) is 6.61 Å². The minimum absolute atomic E-state index is 0.130. The van der Waals surface area contributed by atoms with Crippen molar-refractivity contribution in [1.82, 2.24) is 0 Å². The SMILES string of the molecule is C=CC(c1ccc(C(F)(F)F)cc1)[C@@]1(C(=O)OCC)CCCC1=O. The van der Waals surface area contributed by atoms with Gasteiger partial charge in [0, 0.05) is 12.3 Å². The van der Waals surface area contributed by atoms with Gasteiger partial charge in [-0.1, -0.05) is 18.2 Å². The molecule has 1 aromatic rings. The fourth-order valence-electron chi connectivity index (χ4n) is 3.32. The van der Waals surface area contributed by atoms with Gasteiger partial charge < -0.3 is 4.74 Å². The minimum atomic E-state index is -4.44. The van der Waals surface area contributed by atoms with E-state index in [0.717, 1.165) is 12.1 Å². The van der Waals surface area contributed by atoms with Gasteiger partial charge in [-0.15, -0.1) is 6.58 Å². The molecule has 0 aliphatic heterocycles. The molecule has 6 heteroatoms. The van der Waals surface area contributed by atoms with E-state index in [1.54, 1.807) is 6.92 Å². The van der Waals surface area contributed by atoms with Crippen molar-refractivity contribution in [2.45, 2.75) is 38.3 Å². The normalized spacial score (nSPS) is 22.2. The fraction of sp³-hybridized carbons (Fsp3) is 0.444. The van der Waals surface area contributed by atoms with Gasteiger partial charge in [-0.3, -0.25) is 9.59 Å². The number of Topliss-reactive ketones (excluding diaryl/α,β-unsaturated/α-hetero) is 1. The molecule has 0 spiro atoms. The highest BCUT2D eigenvalue weighted by Gasteiger charge is 2.54. The largest absolute Gasteiger partial charge is 0.465 e. The number of ketones is 1. The Balaban J connectivity index is 2.45. The maximum absolute atomic E-state index is 12.7. The molecule has 0 amide bonds. The summed E-state index contributed by atoms with van der Waals surface area (Å²) < 4.78 is 43.3. The maximum atomic E-state index is 12.7. The minimum Gasteiger partial charge on any atom is -0.465 e. The van der Waals surface area contributed by atoms with Crippen LogP contribution in [0.4, 0.5) is 13.2 Å². The summed E-state index contributed by atoms with van der Waals surface area (Å²) in [6, 6.07) is 4.48. The third kappa shape index (κ3) is 3.09. The number of esters is 1. The highest BCUT2D eigenvalue weighted by Crippen LogP contribution is 2.48. The van der Waals surface area contributed by atoms with Crippen LogP contribution in [0.1, 0.15) is 43.2 Å². The molecule has 2 atom stereocenters. The van der Waals surface area contributed by atoms with E-state index in [-0.39, 0.29) is 18.8 Å². The van der Waals surface area contributed by atoms with Gasteiger partial charge in [0.1, 0.15) is 5.41 Å². The molecule has 1 fully saturated rings. The molecule has 1 aliphatic rings. The topological polar surface area (TPSA) is 43.4 Å². The van der Waals surface area contributed by atoms with Gasteiger partial charge in [0.05, 0.1) is 12.2 Å². The van der Waals surface area contributed by atoms with Crippen LogP contribution in [-0.4, -0.2) is 18.4 Å². The molecule has 1 unspecified atom stereocenters. The molecular formula is C18H19F3O3. The zero-order valence-corrected chi connectivity index (χ0v) is 13.4. The molecule has 1 saturated carbocycles. The van der Waals surface area contributed by atoms with Crippen LogP contribution < -0.4 is 0 Å². The number of carbonyl (C=O) groups excluding carboxylic acids is 2. The van der Waals surface area contributed by atoms with E-state index in [9.17, 15) is 22.8 Å². The van der Waals surface area contributed by atoms with Gasteiger partial charge in [0.2, 0.25) is 0 Å². The van der Waals surface area contributed by atoms with E-state index in [1.165, 1.54) is 18.2 Å². The number of allylic oxidation sites excluding steroid dienone is 1. The molecule has 0 bridgehead atoms. The lowest BCUT2D eigenvalue weighted by molar-refractivity contribution is -0.159. The molecule has 130 valence electrons. The van der Waals surface area contributed by atoms with Crippen molar-refractivity contribution in [3.8, 4) is 0 Å². The van der Waals surface area contributed by atoms with Crippen molar-refractivity contribution in [3.05, 3.63) is 48.0 Å². The lowest BCUT2D eigenvalue weighted by atomic mass is 9.70. The summed E-state index contributed by atoms with van der Waals surface area (Å²) >= 11 is 0. The first-order chi connectivity index (χ1) is 11.3. The number of rotatable bonds is 5. The van der Waals surface area contributed by atoms with Crippen LogP contribution in [-0.2, 0) is 20.5 Å². The number of carbonyl (C=O) groups is 2. The second-order valence-electron chi connectivity index (χ2n) is 5.80. The first-order valence-corrected chi connectivity index (χ1v) is 7.77. The van der Waals surface area contributed by atoms with Gasteiger partial charge in [0.25, 0.3) is 0 Å². The summed E-state index contributed by atoms with van der Waals surface area (Å²) in [6.45, 7) is 5.47. The number of hydrogen-bond acceptors (Lipinski definition) is 3. The number of benzene rings is 1. The molecule has 2 rings (SSSR count). The second kappa shape index (κ2) is 6.79. The summed E-state index contributed by atoms with van der Waals surface area (Å²) in [5, 5.41) is 0. The Bertz CT molecular complexity index is 634. The van der Waals surface area contributed by atoms with E-state index < -0.39 is 29.0 Å². The molecule has 24 heavy (non-hydrogen) atoms. The first kappa shape index (κ1) is 18.2. The Morgan fingerprint density at radius 2 is 2.00 bits per heavy atom. The molecule has 3 nitrogen and oxygen atoms in total. The number of alkyl halides is 3. The molecule has 0 saturated heterocycles. The van der Waals surface area contributed by atoms with Crippen LogP contribution in [0.3, 0.4) is 0 Å². The Hall–Kier alpha value is -2.11. The quantitative estimate of drug-likeness (QED) is 0.456. The summed E-state index contributed by atoms with van der Waals surface area (Å²) in [5.74, 6) is -1.59. The lowest BCUT2D eigenvalue weighted by Gasteiger charge is -2.32. The van der Waals surface area contributed by atoms with E-state index in [2.05, 4.69) is 6.58 Å². The van der Waals surface area contributed by atoms with Crippen molar-refractivity contribution in [2.24, 2.45) is 5.41 Å². The van der Waals surface area contributed by atoms with Gasteiger partial charge in [0.15, 0.2) is 5.78 Å². The zero-order valence-electron chi connectivity index (χ0n) is 13.4. The summed E-state index contributed by atoms with van der Waals surface area (Å²) in [6.07, 6.45) is -1.89. The monoisotopic (exact) mass is 340 g/mol. The molecule has 0 aromatic heterocycles. The number of halogens is 3. The maximum Gasteiger partial charge on any atom is 0.416 e. The standard InChI is InChI=1S/C18H19F3O3/c1-3-14(12-7-9-13(10-8-12)18(19,20)21)17(16(23)24-4-2)11-5-6-15(17)22/h3,7-10,14H,1,4-6,11H2,2H3/t14?,17-/m0/s1. The lowest BCUT2D eigenvalue weighted by Crippen LogP contribution is -2.41. The molecular weight excluding hydrogens is 321 g/mol. The summed E-state index contributed by atoms with van der Waals surface area (Å²) in [5.41, 5.74) is -1.73. The van der Waals surface area contributed by atoms with Gasteiger partial charge >= 0.3 is 12.1 Å². The summed E-state index contributed by atoms with van der Waals surface area (Å²) in [4.78, 5) is 25.0. The van der Waals surface area contributed by atoms with Crippen LogP contribution in [0.5, 0.6) is 0 Å². The number of ether oxygens (including phenoxy) is 1. The Kier molecular flexibility index (Phi) is 5.16. The average molecular weight is 340 g/mol. The third-order valence-corrected chi connectivity index (χ3v) is 4.48. The van der Waals surface area contributed by atoms with Gasteiger partial charge in [-0.2, -0.15) is 13.2 Å². The predicted octanol–water partition coefficient (Wildman–Crippen LogP) is 4.28. The van der Waals surface area contributed by atoms with Gasteiger partial charge in [-0.05, 0) is 37.5 Å². The van der Waals surface area contributed by atoms with Crippen molar-refractivity contribution >= 4 is 11.8 Å². The zero-order chi connectivity index (χ0) is 18.0. The highest BCUT2D eigenvalue weighted by atomic mass is 19.4. The first-order valence-electron chi connectivity index (χ1n) is 7.77. The Morgan fingerprint density at radius 1 is 1.38 bits per heavy atom. The van der Waals surface area contributed by atoms with Crippen molar-refractivity contribution in [3.63, 3.8) is 0 Å². The predicted molar refractivity (Wildman–Crippen MR) is 82.3 cm³/mol. The van der Waals surface area contributed by atoms with Crippen LogP contribution in [0.15, 0.2) is 36.9 Å². The van der Waals surface area contributed by atoms with E-state index >= 15 is 0 Å². The van der Waals surface area contributed by atoms with Crippen LogP contribution >= 0.6 is 0 Å². The summed E-state index contributed by atoms with van der Waals surface area (Å²) in [7, 11) is 0. The molecule has 0 heterocycles. The van der Waals surface area contributed by atoms with Crippen molar-refractivity contribution < 1.29 is 27.5 Å². The van der Waals surface area contributed by atoms with Crippen LogP contribution in [0.2, 0.25) is 0 Å². The Morgan fingerprint density at radius 3 is 2.42 bits per heavy atom. The molecule has 1 aliphatic carbocycles. The molecule has 0 radical (unpaired) electrons. The molecule has 0 N–H and O–H groups in total. The molecule has 1 aromatic carbocycles. The van der Waals surface area contributed by atoms with E-state index in [1.807, 2.05) is 0 Å². The smallest absolute Gasteiger partial charge is 0.416 e. The van der Waals surface area contributed by atoms with Crippen LogP contribution in [0, 0.1) is 5.41 Å². The van der Waals surface area contributed by atoms with E-state index in [4.69, 9.17) is 4.74 Å². The highest BCUT2D eigenvalue weighted by molar-refractivity contribution is 6.06. The van der Waals surface area contributed by atoms with Crippen LogP contribution in [0.25, 0.3) is 0 Å². The second-order valence-corrected chi connectivity index (χ2v) is 5.80. The Labute approximate surface area is 138 Å².